The van der Waals surface area contributed by atoms with Gasteiger partial charge in [-0.3, -0.25) is 4.79 Å². The summed E-state index contributed by atoms with van der Waals surface area (Å²) in [6.07, 6.45) is 4.39. The quantitative estimate of drug-likeness (QED) is 0.225. The smallest absolute Gasteiger partial charge is 0.247 e. The second-order valence-electron chi connectivity index (χ2n) is 9.44. The highest BCUT2D eigenvalue weighted by molar-refractivity contribution is 6.02. The number of amides is 1. The van der Waals surface area contributed by atoms with E-state index in [1.807, 2.05) is 56.4 Å². The average molecular weight is 565 g/mol. The van der Waals surface area contributed by atoms with Gasteiger partial charge < -0.3 is 29.9 Å². The van der Waals surface area contributed by atoms with Crippen LogP contribution >= 0.6 is 0 Å². The number of rotatable bonds is 12. The van der Waals surface area contributed by atoms with Crippen LogP contribution in [0.5, 0.6) is 17.2 Å². The Bertz CT molecular complexity index is 1620. The zero-order chi connectivity index (χ0) is 30.1. The molecule has 2 N–H and O–H groups in total. The molecule has 0 aliphatic rings. The third kappa shape index (κ3) is 7.18. The molecule has 0 aliphatic carbocycles. The number of hydrogen-bond acceptors (Lipinski definition) is 10. The summed E-state index contributed by atoms with van der Waals surface area (Å²) in [4.78, 5) is 29.6. The molecule has 2 aromatic carbocycles. The van der Waals surface area contributed by atoms with Crippen LogP contribution in [0.3, 0.4) is 0 Å². The number of nitriles is 1. The molecule has 0 spiro atoms. The summed E-state index contributed by atoms with van der Waals surface area (Å²) in [6.45, 7) is 5.12. The molecular formula is C31H32N8O3. The molecule has 0 unspecified atom stereocenters. The fraction of sp³-hybridized carbons (Fsp3) is 0.194. The van der Waals surface area contributed by atoms with E-state index >= 15 is 0 Å². The van der Waals surface area contributed by atoms with Crippen LogP contribution < -0.4 is 25.0 Å². The number of methoxy groups -OCH3 is 1. The SMILES string of the molecule is C=CC(=O)Nc1cc(Nc2nccc(-c3ccccc3Oc3cccnc3C#N)n2)c(OC)cc1N(C)CCN(C)C. The molecule has 0 saturated heterocycles. The zero-order valence-corrected chi connectivity index (χ0v) is 24.0. The molecule has 214 valence electrons. The van der Waals surface area contributed by atoms with Crippen molar-refractivity contribution >= 4 is 28.9 Å². The van der Waals surface area contributed by atoms with Crippen molar-refractivity contribution in [3.63, 3.8) is 0 Å². The molecule has 0 atom stereocenters. The molecule has 11 heteroatoms. The van der Waals surface area contributed by atoms with Crippen LogP contribution in [-0.2, 0) is 4.79 Å². The normalized spacial score (nSPS) is 10.5. The number of anilines is 4. The van der Waals surface area contributed by atoms with E-state index in [0.717, 1.165) is 18.8 Å². The molecule has 42 heavy (non-hydrogen) atoms. The third-order valence-corrected chi connectivity index (χ3v) is 6.22. The van der Waals surface area contributed by atoms with Gasteiger partial charge in [0.05, 0.1) is 29.9 Å². The Balaban J connectivity index is 1.68. The average Bonchev–Trinajstić information content (AvgIpc) is 3.00. The summed E-state index contributed by atoms with van der Waals surface area (Å²) >= 11 is 0. The number of nitrogens with one attached hydrogen (secondary N) is 2. The maximum Gasteiger partial charge on any atom is 0.247 e. The van der Waals surface area contributed by atoms with Crippen molar-refractivity contribution in [3.8, 4) is 34.6 Å². The van der Waals surface area contributed by atoms with Gasteiger partial charge >= 0.3 is 0 Å². The minimum atomic E-state index is -0.337. The van der Waals surface area contributed by atoms with E-state index in [1.165, 1.54) is 12.3 Å². The predicted molar refractivity (Wildman–Crippen MR) is 163 cm³/mol. The van der Waals surface area contributed by atoms with Crippen LogP contribution in [0.4, 0.5) is 23.0 Å². The van der Waals surface area contributed by atoms with E-state index in [2.05, 4.69) is 32.1 Å². The van der Waals surface area contributed by atoms with Crippen LogP contribution in [0.2, 0.25) is 0 Å². The lowest BCUT2D eigenvalue weighted by Gasteiger charge is -2.26. The summed E-state index contributed by atoms with van der Waals surface area (Å²) in [5.74, 6) is 1.35. The Morgan fingerprint density at radius 3 is 2.52 bits per heavy atom. The highest BCUT2D eigenvalue weighted by atomic mass is 16.5. The van der Waals surface area contributed by atoms with E-state index in [-0.39, 0.29) is 11.6 Å². The molecular weight excluding hydrogens is 532 g/mol. The van der Waals surface area contributed by atoms with Crippen molar-refractivity contribution in [1.82, 2.24) is 19.9 Å². The van der Waals surface area contributed by atoms with Crippen molar-refractivity contribution in [2.45, 2.75) is 0 Å². The Hall–Kier alpha value is -5.47. The fourth-order valence-electron chi connectivity index (χ4n) is 4.04. The first-order valence-electron chi connectivity index (χ1n) is 13.1. The largest absolute Gasteiger partial charge is 0.494 e. The molecule has 0 fully saturated rings. The first-order valence-corrected chi connectivity index (χ1v) is 13.1. The lowest BCUT2D eigenvalue weighted by molar-refractivity contribution is -0.111. The second kappa shape index (κ2) is 13.7. The number of pyridine rings is 1. The highest BCUT2D eigenvalue weighted by Crippen LogP contribution is 2.38. The topological polar surface area (TPSA) is 129 Å². The van der Waals surface area contributed by atoms with E-state index in [9.17, 15) is 10.1 Å². The number of aromatic nitrogens is 3. The van der Waals surface area contributed by atoms with Crippen LogP contribution in [-0.4, -0.2) is 67.1 Å². The molecule has 4 rings (SSSR count). The summed E-state index contributed by atoms with van der Waals surface area (Å²) in [5, 5.41) is 15.5. The van der Waals surface area contributed by atoms with Gasteiger partial charge in [0.1, 0.15) is 17.6 Å². The number of ether oxygens (including phenoxy) is 2. The van der Waals surface area contributed by atoms with Gasteiger partial charge in [-0.25, -0.2) is 15.0 Å². The zero-order valence-electron chi connectivity index (χ0n) is 24.0. The van der Waals surface area contributed by atoms with E-state index in [0.29, 0.717) is 45.8 Å². The molecule has 2 aromatic heterocycles. The van der Waals surface area contributed by atoms with Gasteiger partial charge in [0.15, 0.2) is 11.4 Å². The molecule has 0 aliphatic heterocycles. The lowest BCUT2D eigenvalue weighted by Crippen LogP contribution is -2.29. The molecule has 0 radical (unpaired) electrons. The van der Waals surface area contributed by atoms with Crippen molar-refractivity contribution < 1.29 is 14.3 Å². The lowest BCUT2D eigenvalue weighted by atomic mass is 10.1. The van der Waals surface area contributed by atoms with E-state index < -0.39 is 0 Å². The van der Waals surface area contributed by atoms with Crippen LogP contribution in [0.1, 0.15) is 5.69 Å². The maximum absolute atomic E-state index is 12.3. The first kappa shape index (κ1) is 29.5. The standard InChI is InChI=1S/C31H32N8O3/c1-6-30(40)35-23-18-24(29(41-5)19-26(23)39(4)17-16-38(2)3)37-31-34-15-13-22(36-31)21-10-7-8-11-27(21)42-28-12-9-14-33-25(28)20-32/h6-15,18-19H,1,16-17H2,2-5H3,(H,35,40)(H,34,36,37). The van der Waals surface area contributed by atoms with Crippen LogP contribution in [0.15, 0.2) is 79.6 Å². The van der Waals surface area contributed by atoms with Crippen LogP contribution in [0, 0.1) is 11.3 Å². The van der Waals surface area contributed by atoms with Crippen molar-refractivity contribution in [1.29, 1.82) is 5.26 Å². The number of para-hydroxylation sites is 1. The molecule has 11 nitrogen and oxygen atoms in total. The fourth-order valence-corrected chi connectivity index (χ4v) is 4.04. The van der Waals surface area contributed by atoms with Gasteiger partial charge in [-0.1, -0.05) is 18.7 Å². The molecule has 2 heterocycles. The number of hydrogen-bond donors (Lipinski definition) is 2. The first-order chi connectivity index (χ1) is 20.3. The van der Waals surface area contributed by atoms with E-state index in [4.69, 9.17) is 14.5 Å². The van der Waals surface area contributed by atoms with Crippen molar-refractivity contribution in [3.05, 3.63) is 85.3 Å². The second-order valence-corrected chi connectivity index (χ2v) is 9.44. The Labute approximate surface area is 245 Å². The summed E-state index contributed by atoms with van der Waals surface area (Å²) < 4.78 is 11.8. The van der Waals surface area contributed by atoms with Gasteiger partial charge in [0.2, 0.25) is 11.9 Å². The summed E-state index contributed by atoms with van der Waals surface area (Å²) in [5.41, 5.74) is 3.37. The Kier molecular flexibility index (Phi) is 9.65. The minimum absolute atomic E-state index is 0.180. The predicted octanol–water partition coefficient (Wildman–Crippen LogP) is 5.08. The molecule has 4 aromatic rings. The summed E-state index contributed by atoms with van der Waals surface area (Å²) in [6, 6.07) is 18.2. The third-order valence-electron chi connectivity index (χ3n) is 6.22. The number of nitrogens with zero attached hydrogens (tertiary/aromatic N) is 6. The highest BCUT2D eigenvalue weighted by Gasteiger charge is 2.17. The van der Waals surface area contributed by atoms with Gasteiger partial charge in [-0.15, -0.1) is 0 Å². The minimum Gasteiger partial charge on any atom is -0.494 e. The van der Waals surface area contributed by atoms with Crippen molar-refractivity contribution in [2.24, 2.45) is 0 Å². The Morgan fingerprint density at radius 1 is 1.00 bits per heavy atom. The number of carbonyl (C=O) groups is 1. The van der Waals surface area contributed by atoms with E-state index in [1.54, 1.807) is 43.6 Å². The molecule has 0 saturated carbocycles. The number of likely N-dealkylation sites (N-methyl/N-ethyl adjacent to an activating group) is 2. The number of benzene rings is 2. The van der Waals surface area contributed by atoms with Gasteiger partial charge in [0, 0.05) is 44.2 Å². The van der Waals surface area contributed by atoms with Crippen molar-refractivity contribution in [2.75, 3.05) is 56.9 Å². The van der Waals surface area contributed by atoms with Gasteiger partial charge in [-0.2, -0.15) is 5.26 Å². The number of carbonyl (C=O) groups excluding carboxylic acids is 1. The Morgan fingerprint density at radius 2 is 1.79 bits per heavy atom. The van der Waals surface area contributed by atoms with Gasteiger partial charge in [0.25, 0.3) is 0 Å². The van der Waals surface area contributed by atoms with Gasteiger partial charge in [-0.05, 0) is 56.6 Å². The molecule has 1 amide bonds. The maximum atomic E-state index is 12.3. The monoisotopic (exact) mass is 564 g/mol. The molecule has 0 bridgehead atoms. The van der Waals surface area contributed by atoms with Crippen LogP contribution in [0.25, 0.3) is 11.3 Å². The summed E-state index contributed by atoms with van der Waals surface area (Å²) in [7, 11) is 7.53.